The number of allylic oxidation sites excluding steroid dienone is 1. The molecule has 9 heteroatoms. The Morgan fingerprint density at radius 1 is 1.08 bits per heavy atom. The molecular weight excluding hydrogens is 490 g/mol. The molecule has 3 aromatic heterocycles. The van der Waals surface area contributed by atoms with Crippen molar-refractivity contribution in [3.63, 3.8) is 0 Å². The quantitative estimate of drug-likeness (QED) is 0.339. The number of nitrogens with one attached hydrogen (secondary N) is 1. The van der Waals surface area contributed by atoms with Crippen molar-refractivity contribution in [3.8, 4) is 5.75 Å². The molecule has 7 rings (SSSR count). The van der Waals surface area contributed by atoms with Crippen LogP contribution >= 0.6 is 11.6 Å². The van der Waals surface area contributed by atoms with Crippen LogP contribution in [0.5, 0.6) is 5.75 Å². The van der Waals surface area contributed by atoms with E-state index in [1.165, 1.54) is 0 Å². The number of hydrogen-bond donors (Lipinski definition) is 1. The molecule has 1 N–H and O–H groups in total. The number of ether oxygens (including phenoxy) is 1. The van der Waals surface area contributed by atoms with Crippen molar-refractivity contribution in [2.45, 2.75) is 38.8 Å². The Hall–Kier alpha value is -4.17. The van der Waals surface area contributed by atoms with E-state index in [-0.39, 0.29) is 0 Å². The fraction of sp³-hybridized carbons (Fsp3) is 0.214. The standard InChI is InChI=1S/C28H22ClN5O3/c1-15(26-32-28(35)37-33-26)24-18-12-11-17(30-21(18)14-36-23-8-3-2-5-19(23)24)13-34-22-7-4-6-20(29)25(22)31-27(34)16-9-10-16/h2-8,11-12,16H,9-10,13-14H2,1H3,(H,32,33,35)/b24-15+. The monoisotopic (exact) mass is 511 g/mol. The number of fused-ring (bicyclic) bond motifs is 3. The highest BCUT2D eigenvalue weighted by Gasteiger charge is 2.30. The van der Waals surface area contributed by atoms with E-state index in [0.717, 1.165) is 69.1 Å². The number of para-hydroxylation sites is 2. The third-order valence-electron chi connectivity index (χ3n) is 7.01. The summed E-state index contributed by atoms with van der Waals surface area (Å²) in [4.78, 5) is 24.3. The first-order valence-electron chi connectivity index (χ1n) is 12.2. The number of aromatic amines is 1. The van der Waals surface area contributed by atoms with Gasteiger partial charge < -0.3 is 9.30 Å². The number of hydrogen-bond acceptors (Lipinski definition) is 6. The number of nitrogens with zero attached hydrogens (tertiary/aromatic N) is 4. The second kappa shape index (κ2) is 8.45. The maximum Gasteiger partial charge on any atom is 0.439 e. The van der Waals surface area contributed by atoms with Gasteiger partial charge in [0.15, 0.2) is 5.82 Å². The van der Waals surface area contributed by atoms with Crippen LogP contribution in [0.4, 0.5) is 0 Å². The number of rotatable bonds is 4. The molecule has 8 nitrogen and oxygen atoms in total. The molecule has 37 heavy (non-hydrogen) atoms. The van der Waals surface area contributed by atoms with Crippen molar-refractivity contribution in [1.29, 1.82) is 0 Å². The van der Waals surface area contributed by atoms with Crippen molar-refractivity contribution in [1.82, 2.24) is 24.7 Å². The Kier molecular flexibility index (Phi) is 5.04. The Morgan fingerprint density at radius 3 is 2.76 bits per heavy atom. The Labute approximate surface area is 216 Å². The zero-order valence-corrected chi connectivity index (χ0v) is 20.7. The lowest BCUT2D eigenvalue weighted by Gasteiger charge is -2.14. The van der Waals surface area contributed by atoms with E-state index < -0.39 is 5.76 Å². The van der Waals surface area contributed by atoms with E-state index >= 15 is 0 Å². The van der Waals surface area contributed by atoms with Gasteiger partial charge in [0.25, 0.3) is 0 Å². The van der Waals surface area contributed by atoms with Crippen LogP contribution in [0.25, 0.3) is 22.2 Å². The summed E-state index contributed by atoms with van der Waals surface area (Å²) in [6, 6.07) is 17.8. The molecular formula is C28H22ClN5O3. The summed E-state index contributed by atoms with van der Waals surface area (Å²) in [5, 5.41) is 4.58. The van der Waals surface area contributed by atoms with Crippen LogP contribution in [-0.4, -0.2) is 24.7 Å². The fourth-order valence-corrected chi connectivity index (χ4v) is 5.30. The van der Waals surface area contributed by atoms with E-state index in [2.05, 4.69) is 26.8 Å². The molecule has 184 valence electrons. The number of H-pyrrole nitrogens is 1. The maximum atomic E-state index is 11.7. The van der Waals surface area contributed by atoms with Gasteiger partial charge in [-0.1, -0.05) is 47.1 Å². The van der Waals surface area contributed by atoms with Crippen molar-refractivity contribution in [2.75, 3.05) is 0 Å². The minimum absolute atomic E-state index is 0.318. The lowest BCUT2D eigenvalue weighted by molar-refractivity contribution is 0.302. The fourth-order valence-electron chi connectivity index (χ4n) is 5.09. The van der Waals surface area contributed by atoms with Gasteiger partial charge in [-0.2, -0.15) is 0 Å². The molecule has 2 aromatic carbocycles. The summed E-state index contributed by atoms with van der Waals surface area (Å²) in [6.07, 6.45) is 2.28. The van der Waals surface area contributed by atoms with Gasteiger partial charge in [0.2, 0.25) is 0 Å². The van der Waals surface area contributed by atoms with Gasteiger partial charge in [-0.05, 0) is 44.0 Å². The van der Waals surface area contributed by atoms with E-state index in [4.69, 9.17) is 30.8 Å². The van der Waals surface area contributed by atoms with Crippen molar-refractivity contribution in [2.24, 2.45) is 0 Å². The minimum atomic E-state index is -0.596. The topological polar surface area (TPSA) is 98.8 Å². The predicted molar refractivity (Wildman–Crippen MR) is 140 cm³/mol. The van der Waals surface area contributed by atoms with Crippen LogP contribution in [0.15, 0.2) is 63.9 Å². The average Bonchev–Trinajstić information content (AvgIpc) is 3.59. The zero-order valence-electron chi connectivity index (χ0n) is 20.0. The first-order chi connectivity index (χ1) is 18.1. The summed E-state index contributed by atoms with van der Waals surface area (Å²) in [7, 11) is 0. The molecule has 1 aliphatic heterocycles. The van der Waals surface area contributed by atoms with Crippen LogP contribution in [-0.2, 0) is 13.2 Å². The Morgan fingerprint density at radius 2 is 1.95 bits per heavy atom. The summed E-state index contributed by atoms with van der Waals surface area (Å²) >= 11 is 6.48. The number of halogens is 1. The second-order valence-corrected chi connectivity index (χ2v) is 9.87. The molecule has 0 bridgehead atoms. The predicted octanol–water partition coefficient (Wildman–Crippen LogP) is 5.56. The molecule has 2 aliphatic rings. The molecule has 0 spiro atoms. The highest BCUT2D eigenvalue weighted by molar-refractivity contribution is 6.34. The summed E-state index contributed by atoms with van der Waals surface area (Å²) in [5.74, 6) is 2.05. The van der Waals surface area contributed by atoms with Crippen LogP contribution in [0.1, 0.15) is 59.8 Å². The first kappa shape index (κ1) is 22.1. The van der Waals surface area contributed by atoms with E-state index in [1.54, 1.807) is 0 Å². The van der Waals surface area contributed by atoms with Crippen LogP contribution in [0.2, 0.25) is 5.02 Å². The molecule has 0 amide bonds. The molecule has 1 fully saturated rings. The third-order valence-corrected chi connectivity index (χ3v) is 7.32. The lowest BCUT2D eigenvalue weighted by atomic mass is 9.92. The first-order valence-corrected chi connectivity index (χ1v) is 12.6. The SMILES string of the molecule is C/C(=C1\c2ccccc2OCc2nc(Cn3c(C4CC4)nc4c(Cl)cccc43)ccc21)c1noc(=O)[nH]1. The number of benzene rings is 2. The molecule has 1 saturated carbocycles. The molecule has 5 aromatic rings. The summed E-state index contributed by atoms with van der Waals surface area (Å²) in [5.41, 5.74) is 7.06. The van der Waals surface area contributed by atoms with Crippen LogP contribution in [0.3, 0.4) is 0 Å². The number of pyridine rings is 1. The third kappa shape index (κ3) is 3.76. The molecule has 0 atom stereocenters. The van der Waals surface area contributed by atoms with Crippen molar-refractivity contribution in [3.05, 3.63) is 104 Å². The molecule has 1 aliphatic carbocycles. The second-order valence-electron chi connectivity index (χ2n) is 9.46. The summed E-state index contributed by atoms with van der Waals surface area (Å²) in [6.45, 7) is 2.81. The van der Waals surface area contributed by atoms with Gasteiger partial charge in [0.1, 0.15) is 23.7 Å². The highest BCUT2D eigenvalue weighted by Crippen LogP contribution is 2.42. The van der Waals surface area contributed by atoms with Crippen LogP contribution in [0, 0.1) is 0 Å². The number of imidazole rings is 1. The average molecular weight is 512 g/mol. The smallest absolute Gasteiger partial charge is 0.439 e. The van der Waals surface area contributed by atoms with E-state index in [9.17, 15) is 4.79 Å². The van der Waals surface area contributed by atoms with E-state index in [0.29, 0.717) is 29.9 Å². The van der Waals surface area contributed by atoms with Crippen molar-refractivity contribution >= 4 is 33.8 Å². The van der Waals surface area contributed by atoms with Crippen molar-refractivity contribution < 1.29 is 9.26 Å². The zero-order chi connectivity index (χ0) is 25.1. The molecule has 4 heterocycles. The minimum Gasteiger partial charge on any atom is -0.487 e. The lowest BCUT2D eigenvalue weighted by Crippen LogP contribution is -2.09. The van der Waals surface area contributed by atoms with Gasteiger partial charge >= 0.3 is 5.76 Å². The highest BCUT2D eigenvalue weighted by atomic mass is 35.5. The van der Waals surface area contributed by atoms with Gasteiger partial charge in [0.05, 0.1) is 28.5 Å². The maximum absolute atomic E-state index is 11.7. The van der Waals surface area contributed by atoms with E-state index in [1.807, 2.05) is 49.4 Å². The van der Waals surface area contributed by atoms with Gasteiger partial charge in [-0.15, -0.1) is 0 Å². The molecule has 0 saturated heterocycles. The van der Waals surface area contributed by atoms with Crippen LogP contribution < -0.4 is 10.5 Å². The van der Waals surface area contributed by atoms with Gasteiger partial charge in [0, 0.05) is 28.2 Å². The Balaban J connectivity index is 1.36. The molecule has 0 unspecified atom stereocenters. The Bertz CT molecular complexity index is 1780. The van der Waals surface area contributed by atoms with Gasteiger partial charge in [-0.25, -0.2) is 9.78 Å². The largest absolute Gasteiger partial charge is 0.487 e. The number of aromatic nitrogens is 5. The molecule has 0 radical (unpaired) electrons. The normalized spacial score (nSPS) is 16.2. The summed E-state index contributed by atoms with van der Waals surface area (Å²) < 4.78 is 13.2. The van der Waals surface area contributed by atoms with Gasteiger partial charge in [-0.3, -0.25) is 14.5 Å².